The average Bonchev–Trinajstić information content (AvgIpc) is 2.40. The molecule has 0 aliphatic carbocycles. The Morgan fingerprint density at radius 3 is 2.72 bits per heavy atom. The summed E-state index contributed by atoms with van der Waals surface area (Å²) in [5.41, 5.74) is 1.73. The van der Waals surface area contributed by atoms with Crippen molar-refractivity contribution >= 4 is 28.9 Å². The smallest absolute Gasteiger partial charge is 0.175 e. The van der Waals surface area contributed by atoms with Gasteiger partial charge in [-0.1, -0.05) is 29.3 Å². The molecule has 0 saturated carbocycles. The highest BCUT2D eigenvalue weighted by Gasteiger charge is 2.12. The van der Waals surface area contributed by atoms with Gasteiger partial charge in [0.25, 0.3) is 0 Å². The second-order valence-corrected chi connectivity index (χ2v) is 4.42. The van der Waals surface area contributed by atoms with Crippen LogP contribution >= 0.6 is 23.2 Å². The quantitative estimate of drug-likeness (QED) is 0.864. The van der Waals surface area contributed by atoms with E-state index in [0.29, 0.717) is 16.9 Å². The normalized spacial score (nSPS) is 10.4. The molecule has 0 N–H and O–H groups in total. The fourth-order valence-electron chi connectivity index (χ4n) is 1.62. The number of halogens is 2. The lowest BCUT2D eigenvalue weighted by Crippen LogP contribution is -2.23. The zero-order valence-electron chi connectivity index (χ0n) is 9.85. The molecule has 0 amide bonds. The molecular weight excluding hydrogens is 271 g/mol. The number of hydrogen-bond donors (Lipinski definition) is 0. The van der Waals surface area contributed by atoms with Crippen LogP contribution in [0, 0.1) is 0 Å². The lowest BCUT2D eigenvalue weighted by atomic mass is 10.3. The van der Waals surface area contributed by atoms with E-state index in [2.05, 4.69) is 15.2 Å². The Bertz CT molecular complexity index is 519. The maximum atomic E-state index is 6.04. The molecule has 18 heavy (non-hydrogen) atoms. The number of pyridine rings is 1. The number of nitrogens with zero attached hydrogens (tertiary/aromatic N) is 4. The second-order valence-electron chi connectivity index (χ2n) is 3.68. The highest BCUT2D eigenvalue weighted by Crippen LogP contribution is 2.26. The van der Waals surface area contributed by atoms with Gasteiger partial charge in [-0.2, -0.15) is 0 Å². The minimum atomic E-state index is 0.328. The molecule has 2 rings (SSSR count). The lowest BCUT2D eigenvalue weighted by Gasteiger charge is -2.23. The van der Waals surface area contributed by atoms with Crippen LogP contribution in [0.4, 0.5) is 5.69 Å². The van der Waals surface area contributed by atoms with E-state index in [4.69, 9.17) is 23.2 Å². The molecule has 0 saturated heterocycles. The van der Waals surface area contributed by atoms with Crippen LogP contribution in [0.25, 0.3) is 0 Å². The average molecular weight is 283 g/mol. The van der Waals surface area contributed by atoms with Gasteiger partial charge in [0.1, 0.15) is 0 Å². The largest absolute Gasteiger partial charge is 0.363 e. The van der Waals surface area contributed by atoms with Crippen LogP contribution in [0.1, 0.15) is 12.6 Å². The number of hydrogen-bond acceptors (Lipinski definition) is 4. The molecule has 4 nitrogen and oxygen atoms in total. The van der Waals surface area contributed by atoms with E-state index in [0.717, 1.165) is 17.9 Å². The van der Waals surface area contributed by atoms with Crippen molar-refractivity contribution in [2.75, 3.05) is 11.4 Å². The SMILES string of the molecule is CCN(Cc1ccccn1)c1cc(Cl)nnc1Cl. The Labute approximate surface area is 116 Å². The molecule has 2 aromatic rings. The highest BCUT2D eigenvalue weighted by atomic mass is 35.5. The van der Waals surface area contributed by atoms with Crippen molar-refractivity contribution in [1.29, 1.82) is 0 Å². The van der Waals surface area contributed by atoms with Crippen molar-refractivity contribution in [2.45, 2.75) is 13.5 Å². The van der Waals surface area contributed by atoms with Crippen molar-refractivity contribution < 1.29 is 0 Å². The molecule has 0 spiro atoms. The van der Waals surface area contributed by atoms with Crippen molar-refractivity contribution in [2.24, 2.45) is 0 Å². The van der Waals surface area contributed by atoms with Crippen LogP contribution in [0.2, 0.25) is 10.3 Å². The van der Waals surface area contributed by atoms with Crippen molar-refractivity contribution in [3.05, 3.63) is 46.5 Å². The van der Waals surface area contributed by atoms with E-state index < -0.39 is 0 Å². The van der Waals surface area contributed by atoms with E-state index in [1.807, 2.05) is 30.0 Å². The Hall–Kier alpha value is -1.39. The first-order valence-electron chi connectivity index (χ1n) is 5.54. The minimum Gasteiger partial charge on any atom is -0.363 e. The summed E-state index contributed by atoms with van der Waals surface area (Å²) in [7, 11) is 0. The van der Waals surface area contributed by atoms with E-state index in [9.17, 15) is 0 Å². The number of aromatic nitrogens is 3. The first-order valence-corrected chi connectivity index (χ1v) is 6.30. The fourth-order valence-corrected chi connectivity index (χ4v) is 1.97. The Balaban J connectivity index is 2.26. The summed E-state index contributed by atoms with van der Waals surface area (Å²) in [6.45, 7) is 3.46. The lowest BCUT2D eigenvalue weighted by molar-refractivity contribution is 0.802. The maximum absolute atomic E-state index is 6.04. The minimum absolute atomic E-state index is 0.328. The van der Waals surface area contributed by atoms with E-state index in [-0.39, 0.29) is 0 Å². The zero-order chi connectivity index (χ0) is 13.0. The molecular formula is C12H12Cl2N4. The maximum Gasteiger partial charge on any atom is 0.175 e. The summed E-state index contributed by atoms with van der Waals surface area (Å²) < 4.78 is 0. The molecule has 0 unspecified atom stereocenters. The second kappa shape index (κ2) is 5.98. The standard InChI is InChI=1S/C12H12Cl2N4/c1-2-18(8-9-5-3-4-6-15-9)10-7-11(13)16-17-12(10)14/h3-7H,2,8H2,1H3. The summed E-state index contributed by atoms with van der Waals surface area (Å²) >= 11 is 11.9. The number of anilines is 1. The van der Waals surface area contributed by atoms with Gasteiger partial charge in [-0.05, 0) is 19.1 Å². The van der Waals surface area contributed by atoms with Gasteiger partial charge in [0.05, 0.1) is 17.9 Å². The summed E-state index contributed by atoms with van der Waals surface area (Å²) in [4.78, 5) is 6.34. The fraction of sp³-hybridized carbons (Fsp3) is 0.250. The summed E-state index contributed by atoms with van der Waals surface area (Å²) in [6.07, 6.45) is 1.77. The third kappa shape index (κ3) is 3.09. The predicted octanol–water partition coefficient (Wildman–Crippen LogP) is 3.20. The van der Waals surface area contributed by atoms with E-state index in [1.54, 1.807) is 12.3 Å². The van der Waals surface area contributed by atoms with Crippen LogP contribution < -0.4 is 4.90 Å². The molecule has 0 radical (unpaired) electrons. The topological polar surface area (TPSA) is 41.9 Å². The molecule has 0 aromatic carbocycles. The number of rotatable bonds is 4. The molecule has 6 heteroatoms. The monoisotopic (exact) mass is 282 g/mol. The summed E-state index contributed by atoms with van der Waals surface area (Å²) in [5.74, 6) is 0. The van der Waals surface area contributed by atoms with Gasteiger partial charge in [-0.15, -0.1) is 10.2 Å². The van der Waals surface area contributed by atoms with Gasteiger partial charge in [0.2, 0.25) is 0 Å². The van der Waals surface area contributed by atoms with Crippen molar-refractivity contribution in [1.82, 2.24) is 15.2 Å². The van der Waals surface area contributed by atoms with E-state index >= 15 is 0 Å². The molecule has 0 atom stereocenters. The van der Waals surface area contributed by atoms with Crippen LogP contribution in [0.5, 0.6) is 0 Å². The third-order valence-corrected chi connectivity index (χ3v) is 2.96. The van der Waals surface area contributed by atoms with E-state index in [1.165, 1.54) is 0 Å². The molecule has 0 bridgehead atoms. The van der Waals surface area contributed by atoms with Crippen LogP contribution in [-0.4, -0.2) is 21.7 Å². The molecule has 0 aliphatic heterocycles. The predicted molar refractivity (Wildman–Crippen MR) is 73.0 cm³/mol. The zero-order valence-corrected chi connectivity index (χ0v) is 11.4. The van der Waals surface area contributed by atoms with Gasteiger partial charge in [-0.25, -0.2) is 0 Å². The molecule has 0 aliphatic rings. The van der Waals surface area contributed by atoms with Crippen LogP contribution in [0.15, 0.2) is 30.5 Å². The molecule has 2 aromatic heterocycles. The summed E-state index contributed by atoms with van der Waals surface area (Å²) in [5, 5.41) is 8.19. The van der Waals surface area contributed by atoms with Crippen LogP contribution in [-0.2, 0) is 6.54 Å². The molecule has 94 valence electrons. The van der Waals surface area contributed by atoms with Gasteiger partial charge < -0.3 is 4.90 Å². The van der Waals surface area contributed by atoms with Gasteiger partial charge in [0, 0.05) is 18.8 Å². The molecule has 2 heterocycles. The Kier molecular flexibility index (Phi) is 4.33. The summed E-state index contributed by atoms with van der Waals surface area (Å²) in [6, 6.07) is 7.52. The van der Waals surface area contributed by atoms with Crippen molar-refractivity contribution in [3.63, 3.8) is 0 Å². The Morgan fingerprint density at radius 1 is 1.22 bits per heavy atom. The highest BCUT2D eigenvalue weighted by molar-refractivity contribution is 6.33. The van der Waals surface area contributed by atoms with Gasteiger partial charge >= 0.3 is 0 Å². The first kappa shape index (κ1) is 13.1. The molecule has 0 fully saturated rings. The van der Waals surface area contributed by atoms with Crippen molar-refractivity contribution in [3.8, 4) is 0 Å². The van der Waals surface area contributed by atoms with Gasteiger partial charge in [0.15, 0.2) is 10.3 Å². The van der Waals surface area contributed by atoms with Gasteiger partial charge in [-0.3, -0.25) is 4.98 Å². The van der Waals surface area contributed by atoms with Crippen LogP contribution in [0.3, 0.4) is 0 Å². The first-order chi connectivity index (χ1) is 8.70. The Morgan fingerprint density at radius 2 is 2.06 bits per heavy atom. The third-order valence-electron chi connectivity index (χ3n) is 2.50.